The van der Waals surface area contributed by atoms with Crippen molar-refractivity contribution in [3.8, 4) is 0 Å². The van der Waals surface area contributed by atoms with Gasteiger partial charge in [-0.15, -0.1) is 0 Å². The molecule has 2 amide bonds. The second-order valence-corrected chi connectivity index (χ2v) is 5.23. The number of amides is 2. The van der Waals surface area contributed by atoms with Crippen molar-refractivity contribution in [2.24, 2.45) is 11.8 Å². The van der Waals surface area contributed by atoms with E-state index in [1.807, 2.05) is 0 Å². The minimum Gasteiger partial charge on any atom is -0.481 e. The zero-order chi connectivity index (χ0) is 17.8. The van der Waals surface area contributed by atoms with Crippen molar-refractivity contribution < 1.29 is 29.0 Å². The Kier molecular flexibility index (Phi) is 11.3. The largest absolute Gasteiger partial charge is 0.481 e. The van der Waals surface area contributed by atoms with Gasteiger partial charge in [-0.1, -0.05) is 0 Å². The molecule has 2 atom stereocenters. The van der Waals surface area contributed by atoms with Crippen LogP contribution in [0.25, 0.3) is 0 Å². The van der Waals surface area contributed by atoms with Crippen LogP contribution in [-0.4, -0.2) is 60.1 Å². The number of ether oxygens (including phenoxy) is 1. The monoisotopic (exact) mass is 366 g/mol. The smallest absolute Gasteiger partial charge is 0.319 e. The zero-order valence-electron chi connectivity index (χ0n) is 12.8. The number of esters is 1. The Morgan fingerprint density at radius 3 is 1.87 bits per heavy atom. The predicted octanol–water partition coefficient (Wildman–Crippen LogP) is -0.651. The minimum atomic E-state index is -1.24. The van der Waals surface area contributed by atoms with Crippen molar-refractivity contribution >= 4 is 49.0 Å². The van der Waals surface area contributed by atoms with Crippen LogP contribution in [0.5, 0.6) is 0 Å². The number of hydrogen-bond acceptors (Lipinski definition) is 7. The van der Waals surface area contributed by atoms with Gasteiger partial charge in [0.25, 0.3) is 0 Å². The van der Waals surface area contributed by atoms with E-state index in [0.717, 1.165) is 0 Å². The molecule has 0 heterocycles. The van der Waals surface area contributed by atoms with Gasteiger partial charge < -0.3 is 20.5 Å². The molecular formula is C13H22N2O6S2. The molecule has 3 N–H and O–H groups in total. The summed E-state index contributed by atoms with van der Waals surface area (Å²) in [6.07, 6.45) is 0.387. The first-order chi connectivity index (χ1) is 10.9. The van der Waals surface area contributed by atoms with Crippen LogP contribution in [0.15, 0.2) is 0 Å². The quantitative estimate of drug-likeness (QED) is 0.143. The predicted molar refractivity (Wildman–Crippen MR) is 89.6 cm³/mol. The van der Waals surface area contributed by atoms with E-state index in [0.29, 0.717) is 6.42 Å². The summed E-state index contributed by atoms with van der Waals surface area (Å²) < 4.78 is 4.77. The van der Waals surface area contributed by atoms with E-state index in [1.54, 1.807) is 6.92 Å². The van der Waals surface area contributed by atoms with Crippen LogP contribution in [-0.2, 0) is 23.9 Å². The second kappa shape index (κ2) is 12.1. The Morgan fingerprint density at radius 1 is 1.00 bits per heavy atom. The molecule has 0 aromatic carbocycles. The van der Waals surface area contributed by atoms with Crippen LogP contribution in [0.2, 0.25) is 0 Å². The molecule has 0 saturated heterocycles. The number of rotatable bonds is 11. The first kappa shape index (κ1) is 21.6. The Bertz CT molecular complexity index is 433. The first-order valence-corrected chi connectivity index (χ1v) is 8.32. The highest BCUT2D eigenvalue weighted by molar-refractivity contribution is 7.80. The number of thiol groups is 2. The summed E-state index contributed by atoms with van der Waals surface area (Å²) in [7, 11) is 0. The lowest BCUT2D eigenvalue weighted by Gasteiger charge is -2.14. The van der Waals surface area contributed by atoms with Crippen molar-refractivity contribution in [2.75, 3.05) is 31.2 Å². The number of carboxylic acids is 1. The van der Waals surface area contributed by atoms with Gasteiger partial charge in [-0.3, -0.25) is 19.2 Å². The van der Waals surface area contributed by atoms with Crippen molar-refractivity contribution in [1.29, 1.82) is 0 Å². The molecule has 0 rings (SSSR count). The molecule has 0 saturated carbocycles. The fourth-order valence-corrected chi connectivity index (χ4v) is 2.18. The maximum absolute atomic E-state index is 11.8. The second-order valence-electron chi connectivity index (χ2n) is 4.50. The van der Waals surface area contributed by atoms with Gasteiger partial charge in [0.15, 0.2) is 0 Å². The van der Waals surface area contributed by atoms with Crippen molar-refractivity contribution in [2.45, 2.75) is 13.3 Å². The molecule has 0 radical (unpaired) electrons. The van der Waals surface area contributed by atoms with Gasteiger partial charge >= 0.3 is 11.9 Å². The normalized spacial score (nSPS) is 12.8. The zero-order valence-corrected chi connectivity index (χ0v) is 14.6. The van der Waals surface area contributed by atoms with Gasteiger partial charge in [0, 0.05) is 24.6 Å². The molecular weight excluding hydrogens is 344 g/mol. The Labute approximate surface area is 145 Å². The average Bonchev–Trinajstić information content (AvgIpc) is 2.48. The van der Waals surface area contributed by atoms with Gasteiger partial charge in [-0.25, -0.2) is 0 Å². The molecule has 0 aromatic heterocycles. The van der Waals surface area contributed by atoms with E-state index in [1.165, 1.54) is 0 Å². The highest BCUT2D eigenvalue weighted by Gasteiger charge is 2.26. The van der Waals surface area contributed by atoms with Gasteiger partial charge in [-0.2, -0.15) is 25.3 Å². The van der Waals surface area contributed by atoms with E-state index in [9.17, 15) is 19.2 Å². The Hall–Kier alpha value is -1.42. The molecule has 23 heavy (non-hydrogen) atoms. The van der Waals surface area contributed by atoms with Crippen molar-refractivity contribution in [1.82, 2.24) is 10.6 Å². The Morgan fingerprint density at radius 2 is 1.48 bits per heavy atom. The molecule has 0 aliphatic heterocycles. The summed E-state index contributed by atoms with van der Waals surface area (Å²) in [6, 6.07) is 0. The molecule has 0 fully saturated rings. The third-order valence-electron chi connectivity index (χ3n) is 2.82. The van der Waals surface area contributed by atoms with Crippen LogP contribution in [0, 0.1) is 11.8 Å². The topological polar surface area (TPSA) is 122 Å². The van der Waals surface area contributed by atoms with Gasteiger partial charge in [0.05, 0.1) is 6.61 Å². The number of carbonyl (C=O) groups is 4. The molecule has 0 bridgehead atoms. The number of aliphatic carboxylic acids is 1. The SMILES string of the molecule is CCOC(=O)C(CS)C(=O)NCCCNC(=O)C(CS)C(=O)O. The summed E-state index contributed by atoms with van der Waals surface area (Å²) in [5.74, 6) is -5.24. The molecule has 10 heteroatoms. The fourth-order valence-electron chi connectivity index (χ4n) is 1.54. The summed E-state index contributed by atoms with van der Waals surface area (Å²) >= 11 is 7.75. The van der Waals surface area contributed by atoms with Crippen molar-refractivity contribution in [3.63, 3.8) is 0 Å². The number of carbonyl (C=O) groups excluding carboxylic acids is 3. The van der Waals surface area contributed by atoms with Crippen LogP contribution >= 0.6 is 25.3 Å². The number of carboxylic acid groups (broad SMARTS) is 1. The Balaban J connectivity index is 4.07. The van der Waals surface area contributed by atoms with E-state index in [2.05, 4.69) is 35.9 Å². The molecule has 2 unspecified atom stereocenters. The van der Waals surface area contributed by atoms with Gasteiger partial charge in [0.1, 0.15) is 11.8 Å². The number of hydrogen-bond donors (Lipinski definition) is 5. The first-order valence-electron chi connectivity index (χ1n) is 7.05. The lowest BCUT2D eigenvalue weighted by Crippen LogP contribution is -2.40. The van der Waals surface area contributed by atoms with Gasteiger partial charge in [-0.05, 0) is 13.3 Å². The maximum Gasteiger partial charge on any atom is 0.319 e. The standard InChI is InChI=1S/C13H22N2O6S2/c1-2-21-13(20)9(7-23)11(17)15-5-3-4-14-10(16)8(6-22)12(18)19/h8-9,22-23H,2-7H2,1H3,(H,14,16)(H,15,17)(H,18,19). The van der Waals surface area contributed by atoms with E-state index >= 15 is 0 Å². The van der Waals surface area contributed by atoms with Gasteiger partial charge in [0.2, 0.25) is 11.8 Å². The van der Waals surface area contributed by atoms with Crippen LogP contribution in [0.1, 0.15) is 13.3 Å². The van der Waals surface area contributed by atoms with Crippen LogP contribution < -0.4 is 10.6 Å². The summed E-state index contributed by atoms with van der Waals surface area (Å²) in [5.41, 5.74) is 0. The molecule has 0 aromatic rings. The minimum absolute atomic E-state index is 0.0314. The maximum atomic E-state index is 11.8. The van der Waals surface area contributed by atoms with Crippen LogP contribution in [0.3, 0.4) is 0 Å². The molecule has 8 nitrogen and oxygen atoms in total. The highest BCUT2D eigenvalue weighted by atomic mass is 32.1. The van der Waals surface area contributed by atoms with E-state index in [-0.39, 0.29) is 31.2 Å². The molecule has 0 aliphatic carbocycles. The molecule has 0 spiro atoms. The van der Waals surface area contributed by atoms with E-state index < -0.39 is 35.6 Å². The summed E-state index contributed by atoms with van der Waals surface area (Å²) in [5, 5.41) is 13.8. The molecule has 132 valence electrons. The van der Waals surface area contributed by atoms with Crippen LogP contribution in [0.4, 0.5) is 0 Å². The summed E-state index contributed by atoms with van der Waals surface area (Å²) in [4.78, 5) is 45.6. The van der Waals surface area contributed by atoms with E-state index in [4.69, 9.17) is 9.84 Å². The fraction of sp³-hybridized carbons (Fsp3) is 0.692. The third kappa shape index (κ3) is 8.12. The summed E-state index contributed by atoms with van der Waals surface area (Å²) in [6.45, 7) is 2.24. The lowest BCUT2D eigenvalue weighted by atomic mass is 10.1. The third-order valence-corrected chi connectivity index (χ3v) is 3.55. The highest BCUT2D eigenvalue weighted by Crippen LogP contribution is 2.03. The van der Waals surface area contributed by atoms with Crippen molar-refractivity contribution in [3.05, 3.63) is 0 Å². The molecule has 0 aliphatic rings. The average molecular weight is 366 g/mol. The lowest BCUT2D eigenvalue weighted by molar-refractivity contribution is -0.151. The number of nitrogens with one attached hydrogen (secondary N) is 2.